The number of hydrogen-bond acceptors (Lipinski definition) is 6. The zero-order valence-electron chi connectivity index (χ0n) is 16.1. The lowest BCUT2D eigenvalue weighted by atomic mass is 10.0. The number of hydrogen-bond donors (Lipinski definition) is 1. The molecule has 1 N–H and O–H groups in total. The van der Waals surface area contributed by atoms with Gasteiger partial charge in [-0.1, -0.05) is 29.8 Å². The van der Waals surface area contributed by atoms with Crippen molar-refractivity contribution in [3.8, 4) is 0 Å². The van der Waals surface area contributed by atoms with Gasteiger partial charge in [0.2, 0.25) is 10.0 Å². The highest BCUT2D eigenvalue weighted by Crippen LogP contribution is 2.30. The highest BCUT2D eigenvalue weighted by Gasteiger charge is 2.30. The quantitative estimate of drug-likeness (QED) is 0.378. The van der Waals surface area contributed by atoms with E-state index in [4.69, 9.17) is 16.3 Å². The first-order valence-electron chi connectivity index (χ1n) is 8.72. The number of nitrogens with one attached hydrogen (secondary N) is 1. The summed E-state index contributed by atoms with van der Waals surface area (Å²) in [5.41, 5.74) is 0.162. The van der Waals surface area contributed by atoms with E-state index in [1.54, 1.807) is 20.8 Å². The highest BCUT2D eigenvalue weighted by molar-refractivity contribution is 7.89. The molecule has 8 nitrogen and oxygen atoms in total. The maximum Gasteiger partial charge on any atom is 0.308 e. The summed E-state index contributed by atoms with van der Waals surface area (Å²) in [4.78, 5) is 23.0. The summed E-state index contributed by atoms with van der Waals surface area (Å²) in [6.07, 6.45) is -0.821. The molecule has 10 heteroatoms. The molecule has 1 atom stereocenters. The van der Waals surface area contributed by atoms with Crippen LogP contribution < -0.4 is 4.72 Å². The highest BCUT2D eigenvalue weighted by atomic mass is 35.5. The molecule has 0 fully saturated rings. The van der Waals surface area contributed by atoms with E-state index in [1.165, 1.54) is 42.5 Å². The molecular formula is C19H21ClN2O6S. The van der Waals surface area contributed by atoms with Gasteiger partial charge in [-0.05, 0) is 44.5 Å². The fourth-order valence-electron chi connectivity index (χ4n) is 2.81. The standard InChI is InChI=1S/C19H21ClN2O6S/c1-12(2)28-19(23)11-16(15-6-4-5-7-17(15)22(24)25)21-29(26,27)18-9-8-14(20)10-13(18)3/h4-10,12,16,21H,11H2,1-3H3. The van der Waals surface area contributed by atoms with Crippen LogP contribution in [0, 0.1) is 17.0 Å². The second-order valence-electron chi connectivity index (χ2n) is 6.64. The van der Waals surface area contributed by atoms with Crippen molar-refractivity contribution < 1.29 is 22.9 Å². The minimum atomic E-state index is -4.11. The van der Waals surface area contributed by atoms with Crippen LogP contribution in [0.3, 0.4) is 0 Å². The Kier molecular flexibility index (Phi) is 7.34. The molecule has 2 aromatic rings. The third kappa shape index (κ3) is 5.99. The summed E-state index contributed by atoms with van der Waals surface area (Å²) in [6, 6.07) is 8.71. The van der Waals surface area contributed by atoms with Crippen molar-refractivity contribution in [2.45, 2.75) is 44.2 Å². The Hall–Kier alpha value is -2.49. The first-order valence-corrected chi connectivity index (χ1v) is 10.6. The van der Waals surface area contributed by atoms with E-state index in [9.17, 15) is 23.3 Å². The van der Waals surface area contributed by atoms with E-state index < -0.39 is 39.5 Å². The van der Waals surface area contributed by atoms with E-state index in [2.05, 4.69) is 4.72 Å². The maximum atomic E-state index is 13.0. The molecule has 1 unspecified atom stereocenters. The molecule has 0 aromatic heterocycles. The van der Waals surface area contributed by atoms with Gasteiger partial charge in [0.25, 0.3) is 5.69 Å². The number of aryl methyl sites for hydroxylation is 1. The first-order chi connectivity index (χ1) is 13.5. The predicted octanol–water partition coefficient (Wildman–Crippen LogP) is 3.92. The number of halogens is 1. The minimum Gasteiger partial charge on any atom is -0.463 e. The number of benzene rings is 2. The molecule has 0 saturated heterocycles. The second-order valence-corrected chi connectivity index (χ2v) is 8.76. The van der Waals surface area contributed by atoms with Gasteiger partial charge in [0.15, 0.2) is 0 Å². The van der Waals surface area contributed by atoms with Crippen molar-refractivity contribution >= 4 is 33.3 Å². The second kappa shape index (κ2) is 9.34. The first kappa shape index (κ1) is 22.8. The molecule has 0 radical (unpaired) electrons. The van der Waals surface area contributed by atoms with Crippen LogP contribution in [0.25, 0.3) is 0 Å². The van der Waals surface area contributed by atoms with Gasteiger partial charge in [-0.15, -0.1) is 0 Å². The third-order valence-corrected chi connectivity index (χ3v) is 5.84. The van der Waals surface area contributed by atoms with Gasteiger partial charge in [-0.3, -0.25) is 14.9 Å². The molecule has 0 aliphatic rings. The van der Waals surface area contributed by atoms with Gasteiger partial charge in [0.1, 0.15) is 0 Å². The van der Waals surface area contributed by atoms with Crippen molar-refractivity contribution in [3.05, 3.63) is 68.7 Å². The summed E-state index contributed by atoms with van der Waals surface area (Å²) in [5.74, 6) is -0.682. The van der Waals surface area contributed by atoms with Crippen LogP contribution in [0.2, 0.25) is 5.02 Å². The molecule has 29 heavy (non-hydrogen) atoms. The zero-order valence-corrected chi connectivity index (χ0v) is 17.7. The Morgan fingerprint density at radius 1 is 1.24 bits per heavy atom. The topological polar surface area (TPSA) is 116 Å². The molecule has 0 saturated carbocycles. The monoisotopic (exact) mass is 440 g/mol. The smallest absolute Gasteiger partial charge is 0.308 e. The number of carbonyl (C=O) groups is 1. The molecule has 2 aromatic carbocycles. The number of carbonyl (C=O) groups excluding carboxylic acids is 1. The Labute approximate surface area is 174 Å². The number of nitro groups is 1. The molecule has 0 spiro atoms. The summed E-state index contributed by atoms with van der Waals surface area (Å²) in [5, 5.41) is 11.8. The van der Waals surface area contributed by atoms with Gasteiger partial charge in [0, 0.05) is 16.7 Å². The SMILES string of the molecule is Cc1cc(Cl)ccc1S(=O)(=O)NC(CC(=O)OC(C)C)c1ccccc1[N+](=O)[O-]. The fraction of sp³-hybridized carbons (Fsp3) is 0.316. The molecule has 0 bridgehead atoms. The van der Waals surface area contributed by atoms with E-state index in [1.807, 2.05) is 0 Å². The Balaban J connectivity index is 2.47. The number of ether oxygens (including phenoxy) is 1. The average molecular weight is 441 g/mol. The lowest BCUT2D eigenvalue weighted by Gasteiger charge is -2.20. The minimum absolute atomic E-state index is 0.0392. The summed E-state index contributed by atoms with van der Waals surface area (Å²) in [7, 11) is -4.11. The van der Waals surface area contributed by atoms with Crippen molar-refractivity contribution in [1.29, 1.82) is 0 Å². The van der Waals surface area contributed by atoms with Crippen LogP contribution in [0.4, 0.5) is 5.69 Å². The molecule has 0 aliphatic carbocycles. The van der Waals surface area contributed by atoms with E-state index in [0.717, 1.165) is 0 Å². The lowest BCUT2D eigenvalue weighted by Crippen LogP contribution is -2.32. The number of esters is 1. The molecule has 156 valence electrons. The fourth-order valence-corrected chi connectivity index (χ4v) is 4.47. The lowest BCUT2D eigenvalue weighted by molar-refractivity contribution is -0.385. The van der Waals surface area contributed by atoms with Crippen molar-refractivity contribution in [2.75, 3.05) is 0 Å². The van der Waals surface area contributed by atoms with Gasteiger partial charge in [-0.2, -0.15) is 0 Å². The van der Waals surface area contributed by atoms with Crippen molar-refractivity contribution in [2.24, 2.45) is 0 Å². The van der Waals surface area contributed by atoms with Crippen LogP contribution in [-0.4, -0.2) is 25.4 Å². The van der Waals surface area contributed by atoms with Crippen LogP contribution >= 0.6 is 11.6 Å². The van der Waals surface area contributed by atoms with Crippen LogP contribution in [0.1, 0.15) is 37.4 Å². The van der Waals surface area contributed by atoms with Crippen molar-refractivity contribution in [1.82, 2.24) is 4.72 Å². The number of para-hydroxylation sites is 1. The number of nitro benzene ring substituents is 1. The maximum absolute atomic E-state index is 13.0. The summed E-state index contributed by atoms with van der Waals surface area (Å²) in [6.45, 7) is 4.88. The number of sulfonamides is 1. The average Bonchev–Trinajstić information content (AvgIpc) is 2.59. The van der Waals surface area contributed by atoms with Crippen LogP contribution in [0.15, 0.2) is 47.4 Å². The van der Waals surface area contributed by atoms with Gasteiger partial charge in [0.05, 0.1) is 28.4 Å². The van der Waals surface area contributed by atoms with Gasteiger partial charge >= 0.3 is 5.97 Å². The Morgan fingerprint density at radius 2 is 1.90 bits per heavy atom. The van der Waals surface area contributed by atoms with Gasteiger partial charge in [-0.25, -0.2) is 13.1 Å². The molecular weight excluding hydrogens is 420 g/mol. The number of rotatable bonds is 8. The number of nitrogens with zero attached hydrogens (tertiary/aromatic N) is 1. The predicted molar refractivity (Wildman–Crippen MR) is 108 cm³/mol. The molecule has 2 rings (SSSR count). The molecule has 0 aliphatic heterocycles. The van der Waals surface area contributed by atoms with Gasteiger partial charge < -0.3 is 4.74 Å². The van der Waals surface area contributed by atoms with Crippen molar-refractivity contribution in [3.63, 3.8) is 0 Å². The largest absolute Gasteiger partial charge is 0.463 e. The van der Waals surface area contributed by atoms with Crippen LogP contribution in [-0.2, 0) is 19.6 Å². The van der Waals surface area contributed by atoms with E-state index >= 15 is 0 Å². The Bertz CT molecular complexity index is 1020. The molecule has 0 amide bonds. The summed E-state index contributed by atoms with van der Waals surface area (Å²) < 4.78 is 33.4. The van der Waals surface area contributed by atoms with Crippen LogP contribution in [0.5, 0.6) is 0 Å². The Morgan fingerprint density at radius 3 is 2.48 bits per heavy atom. The van der Waals surface area contributed by atoms with E-state index in [0.29, 0.717) is 10.6 Å². The zero-order chi connectivity index (χ0) is 21.8. The van der Waals surface area contributed by atoms with E-state index in [-0.39, 0.29) is 16.1 Å². The normalized spacial score (nSPS) is 12.6. The third-order valence-electron chi connectivity index (χ3n) is 3.97. The summed E-state index contributed by atoms with van der Waals surface area (Å²) >= 11 is 5.89. The molecule has 0 heterocycles.